The van der Waals surface area contributed by atoms with E-state index in [1.54, 1.807) is 35.0 Å². The molecule has 1 saturated carbocycles. The average molecular weight is 493 g/mol. The fourth-order valence-corrected chi connectivity index (χ4v) is 6.16. The number of hydrogen-bond acceptors (Lipinski definition) is 7. The summed E-state index contributed by atoms with van der Waals surface area (Å²) >= 11 is 1.30. The first-order chi connectivity index (χ1) is 15.6. The molecular formula is C23H28N2O6S2. The van der Waals surface area contributed by atoms with Crippen molar-refractivity contribution in [3.05, 3.63) is 39.6 Å². The van der Waals surface area contributed by atoms with Crippen molar-refractivity contribution in [1.82, 2.24) is 4.90 Å². The highest BCUT2D eigenvalue weighted by molar-refractivity contribution is 7.90. The minimum absolute atomic E-state index is 0.0608. The van der Waals surface area contributed by atoms with Crippen LogP contribution in [-0.4, -0.2) is 57.9 Å². The zero-order valence-electron chi connectivity index (χ0n) is 19.2. The van der Waals surface area contributed by atoms with Crippen LogP contribution in [0.15, 0.2) is 23.6 Å². The molecule has 0 N–H and O–H groups in total. The average Bonchev–Trinajstić information content (AvgIpc) is 3.46. The van der Waals surface area contributed by atoms with E-state index in [-0.39, 0.29) is 30.0 Å². The third kappa shape index (κ3) is 4.72. The highest BCUT2D eigenvalue weighted by atomic mass is 32.2. The molecule has 2 aliphatic rings. The minimum Gasteiger partial charge on any atom is -0.493 e. The Balaban J connectivity index is 1.69. The Kier molecular flexibility index (Phi) is 6.41. The lowest BCUT2D eigenvalue weighted by molar-refractivity contribution is -0.119. The molecule has 4 rings (SSSR count). The van der Waals surface area contributed by atoms with E-state index in [1.807, 2.05) is 12.3 Å². The van der Waals surface area contributed by atoms with Crippen LogP contribution in [0.5, 0.6) is 11.5 Å². The Bertz CT molecular complexity index is 1190. The molecule has 0 bridgehead atoms. The molecule has 1 fully saturated rings. The Morgan fingerprint density at radius 3 is 2.64 bits per heavy atom. The Morgan fingerprint density at radius 2 is 2.03 bits per heavy atom. The number of benzene rings is 1. The van der Waals surface area contributed by atoms with E-state index in [2.05, 4.69) is 0 Å². The van der Waals surface area contributed by atoms with Gasteiger partial charge in [0.1, 0.15) is 9.84 Å². The number of carbonyl (C=O) groups excluding carboxylic acids is 2. The van der Waals surface area contributed by atoms with Crippen LogP contribution in [0.4, 0.5) is 5.69 Å². The summed E-state index contributed by atoms with van der Waals surface area (Å²) in [4.78, 5) is 29.7. The normalized spacial score (nSPS) is 16.5. The van der Waals surface area contributed by atoms with Gasteiger partial charge < -0.3 is 19.3 Å². The van der Waals surface area contributed by atoms with E-state index in [9.17, 15) is 18.0 Å². The Morgan fingerprint density at radius 1 is 1.30 bits per heavy atom. The van der Waals surface area contributed by atoms with E-state index in [0.29, 0.717) is 28.5 Å². The summed E-state index contributed by atoms with van der Waals surface area (Å²) in [5, 5.41) is 1.84. The number of fused-ring (bicyclic) bond motifs is 1. The first kappa shape index (κ1) is 23.6. The van der Waals surface area contributed by atoms with E-state index in [0.717, 1.165) is 30.3 Å². The zero-order chi connectivity index (χ0) is 23.9. The molecule has 2 aromatic rings. The molecule has 1 aromatic heterocycles. The van der Waals surface area contributed by atoms with Crippen molar-refractivity contribution in [1.29, 1.82) is 0 Å². The first-order valence-electron chi connectivity index (χ1n) is 10.8. The van der Waals surface area contributed by atoms with Crippen molar-refractivity contribution < 1.29 is 27.5 Å². The van der Waals surface area contributed by atoms with Crippen molar-refractivity contribution in [3.63, 3.8) is 0 Å². The van der Waals surface area contributed by atoms with Crippen LogP contribution >= 0.6 is 11.3 Å². The van der Waals surface area contributed by atoms with E-state index in [4.69, 9.17) is 9.47 Å². The number of amides is 2. The summed E-state index contributed by atoms with van der Waals surface area (Å²) in [5.74, 6) is 0.702. The van der Waals surface area contributed by atoms with Gasteiger partial charge in [-0.2, -0.15) is 0 Å². The molecule has 1 aromatic carbocycles. The second kappa shape index (κ2) is 8.98. The molecule has 1 aliphatic carbocycles. The van der Waals surface area contributed by atoms with Gasteiger partial charge in [0.05, 0.1) is 42.6 Å². The van der Waals surface area contributed by atoms with Gasteiger partial charge in [-0.15, -0.1) is 11.3 Å². The van der Waals surface area contributed by atoms with Crippen LogP contribution in [0.3, 0.4) is 0 Å². The van der Waals surface area contributed by atoms with Gasteiger partial charge in [-0.3, -0.25) is 9.59 Å². The van der Waals surface area contributed by atoms with Gasteiger partial charge in [-0.25, -0.2) is 8.42 Å². The van der Waals surface area contributed by atoms with Crippen LogP contribution in [0.2, 0.25) is 0 Å². The second-order valence-electron chi connectivity index (χ2n) is 8.48. The molecule has 0 unspecified atom stereocenters. The standard InChI is InChI=1S/C23H28N2O6S2/c1-5-31-20-10-15(8-9-19(20)30-3)18(13-33(4,28)29)25-11-16-17(12-32-21(16)23(25)27)24(2)22(26)14-6-7-14/h8-10,12,14,18H,5-7,11,13H2,1-4H3/t18-/m1/s1. The number of methoxy groups -OCH3 is 1. The largest absolute Gasteiger partial charge is 0.493 e. The lowest BCUT2D eigenvalue weighted by Crippen LogP contribution is -2.34. The fourth-order valence-electron chi connectivity index (χ4n) is 4.16. The molecule has 0 spiro atoms. The SMILES string of the molecule is CCOc1cc([C@@H](CS(C)(=O)=O)N2Cc3c(N(C)C(=O)C4CC4)csc3C2=O)ccc1OC. The van der Waals surface area contributed by atoms with Crippen molar-refractivity contribution in [2.24, 2.45) is 5.92 Å². The maximum Gasteiger partial charge on any atom is 0.265 e. The lowest BCUT2D eigenvalue weighted by Gasteiger charge is -2.29. The third-order valence-electron chi connectivity index (χ3n) is 5.98. The molecule has 1 atom stereocenters. The summed E-state index contributed by atoms with van der Waals surface area (Å²) in [6.45, 7) is 2.51. The summed E-state index contributed by atoms with van der Waals surface area (Å²) in [7, 11) is -0.139. The van der Waals surface area contributed by atoms with E-state index >= 15 is 0 Å². The number of anilines is 1. The van der Waals surface area contributed by atoms with E-state index < -0.39 is 15.9 Å². The van der Waals surface area contributed by atoms with Crippen molar-refractivity contribution in [2.75, 3.05) is 37.7 Å². The predicted molar refractivity (Wildman–Crippen MR) is 127 cm³/mol. The molecule has 33 heavy (non-hydrogen) atoms. The summed E-state index contributed by atoms with van der Waals surface area (Å²) < 4.78 is 35.7. The molecule has 0 radical (unpaired) electrons. The van der Waals surface area contributed by atoms with Gasteiger partial charge in [-0.05, 0) is 37.5 Å². The Labute approximate surface area is 198 Å². The zero-order valence-corrected chi connectivity index (χ0v) is 20.8. The third-order valence-corrected chi connectivity index (χ3v) is 7.90. The maximum atomic E-state index is 13.4. The summed E-state index contributed by atoms with van der Waals surface area (Å²) in [6.07, 6.45) is 2.96. The van der Waals surface area contributed by atoms with Crippen LogP contribution < -0.4 is 14.4 Å². The highest BCUT2D eigenvalue weighted by Gasteiger charge is 2.40. The first-order valence-corrected chi connectivity index (χ1v) is 13.8. The van der Waals surface area contributed by atoms with Gasteiger partial charge in [0, 0.05) is 30.2 Å². The molecular weight excluding hydrogens is 464 g/mol. The molecule has 2 heterocycles. The molecule has 8 nitrogen and oxygen atoms in total. The smallest absolute Gasteiger partial charge is 0.265 e. The van der Waals surface area contributed by atoms with Crippen LogP contribution in [0.1, 0.15) is 46.6 Å². The number of hydrogen-bond donors (Lipinski definition) is 0. The number of rotatable bonds is 9. The predicted octanol–water partition coefficient (Wildman–Crippen LogP) is 3.27. The molecule has 1 aliphatic heterocycles. The molecule has 0 saturated heterocycles. The van der Waals surface area contributed by atoms with Crippen molar-refractivity contribution in [3.8, 4) is 11.5 Å². The quantitative estimate of drug-likeness (QED) is 0.533. The van der Waals surface area contributed by atoms with Gasteiger partial charge in [0.15, 0.2) is 11.5 Å². The van der Waals surface area contributed by atoms with Gasteiger partial charge in [0.25, 0.3) is 5.91 Å². The van der Waals surface area contributed by atoms with Crippen LogP contribution in [0, 0.1) is 5.92 Å². The van der Waals surface area contributed by atoms with Crippen LogP contribution in [-0.2, 0) is 21.2 Å². The fraction of sp³-hybridized carbons (Fsp3) is 0.478. The van der Waals surface area contributed by atoms with E-state index in [1.165, 1.54) is 18.4 Å². The van der Waals surface area contributed by atoms with Crippen molar-refractivity contribution >= 4 is 38.7 Å². The number of nitrogens with zero attached hydrogens (tertiary/aromatic N) is 2. The van der Waals surface area contributed by atoms with Gasteiger partial charge >= 0.3 is 0 Å². The molecule has 2 amide bonds. The molecule has 178 valence electrons. The maximum absolute atomic E-state index is 13.4. The van der Waals surface area contributed by atoms with Gasteiger partial charge in [0.2, 0.25) is 5.91 Å². The highest BCUT2D eigenvalue weighted by Crippen LogP contribution is 2.43. The summed E-state index contributed by atoms with van der Waals surface area (Å²) in [6, 6.07) is 4.52. The number of thiophene rings is 1. The number of sulfone groups is 1. The monoisotopic (exact) mass is 492 g/mol. The minimum atomic E-state index is -3.41. The number of ether oxygens (including phenoxy) is 2. The second-order valence-corrected chi connectivity index (χ2v) is 11.5. The topological polar surface area (TPSA) is 93.2 Å². The molecule has 10 heteroatoms. The Hall–Kier alpha value is -2.59. The van der Waals surface area contributed by atoms with Crippen molar-refractivity contribution in [2.45, 2.75) is 32.4 Å². The number of carbonyl (C=O) groups is 2. The summed E-state index contributed by atoms with van der Waals surface area (Å²) in [5.41, 5.74) is 2.15. The lowest BCUT2D eigenvalue weighted by atomic mass is 10.1. The van der Waals surface area contributed by atoms with Gasteiger partial charge in [-0.1, -0.05) is 6.07 Å². The van der Waals surface area contributed by atoms with Crippen LogP contribution in [0.25, 0.3) is 0 Å².